The largest absolute Gasteiger partial charge is 0.411 e. The zero-order valence-corrected chi connectivity index (χ0v) is 16.4. The van der Waals surface area contributed by atoms with Crippen molar-refractivity contribution in [3.63, 3.8) is 0 Å². The average Bonchev–Trinajstić information content (AvgIpc) is 2.35. The predicted molar refractivity (Wildman–Crippen MR) is 95.5 cm³/mol. The van der Waals surface area contributed by atoms with E-state index in [1.165, 1.54) is 11.1 Å². The van der Waals surface area contributed by atoms with Crippen LogP contribution in [-0.2, 0) is 9.22 Å². The minimum Gasteiger partial charge on any atom is -0.411 e. The number of carbonyl (C=O) groups is 1. The Morgan fingerprint density at radius 2 is 1.59 bits per heavy atom. The van der Waals surface area contributed by atoms with E-state index in [4.69, 9.17) is 4.43 Å². The molecule has 2 aliphatic carbocycles. The molecule has 0 fully saturated rings. The summed E-state index contributed by atoms with van der Waals surface area (Å²) >= 11 is 0. The number of ketones is 1. The first-order chi connectivity index (χ1) is 9.94. The minimum absolute atomic E-state index is 0.00637. The smallest absolute Gasteiger partial charge is 0.192 e. The van der Waals surface area contributed by atoms with E-state index in [0.29, 0.717) is 12.2 Å². The van der Waals surface area contributed by atoms with Crippen LogP contribution in [0.15, 0.2) is 23.3 Å². The SMILES string of the molecule is CC(C)(O[Si](C)(C)C(C)(C)C)C1CC2=C(CC=CC2)CC1=O. The normalized spacial score (nSPS) is 23.8. The van der Waals surface area contributed by atoms with Crippen LogP contribution in [0.5, 0.6) is 0 Å². The number of hydrogen-bond acceptors (Lipinski definition) is 2. The number of Topliss-reactive ketones (excluding diaryl/α,β-unsaturated/α-hetero) is 1. The Hall–Kier alpha value is -0.673. The number of carbonyl (C=O) groups excluding carboxylic acids is 1. The molecule has 0 N–H and O–H groups in total. The zero-order valence-electron chi connectivity index (χ0n) is 15.4. The van der Waals surface area contributed by atoms with Crippen LogP contribution in [0.3, 0.4) is 0 Å². The molecule has 1 unspecified atom stereocenters. The molecule has 1 atom stereocenters. The number of allylic oxidation sites excluding steroid dienone is 4. The summed E-state index contributed by atoms with van der Waals surface area (Å²) in [5, 5.41) is 0.167. The second kappa shape index (κ2) is 5.75. The van der Waals surface area contributed by atoms with E-state index < -0.39 is 8.32 Å². The maximum absolute atomic E-state index is 12.7. The molecule has 0 amide bonds. The number of rotatable bonds is 3. The van der Waals surface area contributed by atoms with Crippen LogP contribution >= 0.6 is 0 Å². The van der Waals surface area contributed by atoms with Crippen molar-refractivity contribution in [2.75, 3.05) is 0 Å². The van der Waals surface area contributed by atoms with Gasteiger partial charge < -0.3 is 4.43 Å². The van der Waals surface area contributed by atoms with Gasteiger partial charge in [0.15, 0.2) is 8.32 Å². The first kappa shape index (κ1) is 17.7. The summed E-state index contributed by atoms with van der Waals surface area (Å²) in [5.41, 5.74) is 2.48. The van der Waals surface area contributed by atoms with Crippen molar-refractivity contribution in [2.45, 2.75) is 84.0 Å². The monoisotopic (exact) mass is 320 g/mol. The molecule has 3 heteroatoms. The van der Waals surface area contributed by atoms with E-state index in [1.54, 1.807) is 0 Å². The molecule has 2 aliphatic rings. The molecule has 0 aromatic rings. The summed E-state index contributed by atoms with van der Waals surface area (Å²) in [6, 6.07) is 0. The summed E-state index contributed by atoms with van der Waals surface area (Å²) in [5.74, 6) is 0.379. The van der Waals surface area contributed by atoms with Gasteiger partial charge in [0.1, 0.15) is 5.78 Å². The van der Waals surface area contributed by atoms with E-state index in [9.17, 15) is 4.79 Å². The van der Waals surface area contributed by atoms with Gasteiger partial charge in [-0.25, -0.2) is 0 Å². The summed E-state index contributed by atoms with van der Waals surface area (Å²) < 4.78 is 6.66. The average molecular weight is 321 g/mol. The molecule has 0 saturated carbocycles. The topological polar surface area (TPSA) is 26.3 Å². The van der Waals surface area contributed by atoms with Gasteiger partial charge in [-0.05, 0) is 51.2 Å². The van der Waals surface area contributed by atoms with E-state index in [-0.39, 0.29) is 16.6 Å². The highest BCUT2D eigenvalue weighted by Gasteiger charge is 2.46. The molecule has 22 heavy (non-hydrogen) atoms. The van der Waals surface area contributed by atoms with Gasteiger partial charge in [-0.1, -0.05) is 44.1 Å². The van der Waals surface area contributed by atoms with Gasteiger partial charge in [-0.15, -0.1) is 0 Å². The third-order valence-corrected chi connectivity index (χ3v) is 10.4. The lowest BCUT2D eigenvalue weighted by atomic mass is 9.73. The molecule has 0 heterocycles. The Balaban J connectivity index is 2.19. The molecule has 2 rings (SSSR count). The van der Waals surface area contributed by atoms with Crippen LogP contribution in [0.25, 0.3) is 0 Å². The van der Waals surface area contributed by atoms with Gasteiger partial charge in [0.05, 0.1) is 5.60 Å². The lowest BCUT2D eigenvalue weighted by Crippen LogP contribution is -2.52. The zero-order chi connectivity index (χ0) is 16.8. The van der Waals surface area contributed by atoms with Crippen molar-refractivity contribution in [3.05, 3.63) is 23.3 Å². The fraction of sp³-hybridized carbons (Fsp3) is 0.737. The fourth-order valence-corrected chi connectivity index (χ4v) is 5.14. The van der Waals surface area contributed by atoms with Crippen LogP contribution in [0.4, 0.5) is 0 Å². The van der Waals surface area contributed by atoms with Gasteiger partial charge in [-0.3, -0.25) is 4.79 Å². The maximum Gasteiger partial charge on any atom is 0.192 e. The Bertz CT molecular complexity index is 518. The molecule has 0 aromatic carbocycles. The quantitative estimate of drug-likeness (QED) is 0.513. The van der Waals surface area contributed by atoms with Crippen molar-refractivity contribution in [1.29, 1.82) is 0 Å². The van der Waals surface area contributed by atoms with Gasteiger partial charge >= 0.3 is 0 Å². The van der Waals surface area contributed by atoms with Crippen LogP contribution in [0.1, 0.15) is 60.3 Å². The number of hydrogen-bond donors (Lipinski definition) is 0. The van der Waals surface area contributed by atoms with Crippen LogP contribution < -0.4 is 0 Å². The highest BCUT2D eigenvalue weighted by atomic mass is 28.4. The third-order valence-electron chi connectivity index (χ3n) is 5.79. The van der Waals surface area contributed by atoms with Gasteiger partial charge in [0.2, 0.25) is 0 Å². The summed E-state index contributed by atoms with van der Waals surface area (Å²) in [4.78, 5) is 12.7. The Kier molecular flexibility index (Phi) is 4.62. The van der Waals surface area contributed by atoms with Crippen LogP contribution in [0, 0.1) is 5.92 Å². The lowest BCUT2D eigenvalue weighted by Gasteiger charge is -2.46. The van der Waals surface area contributed by atoms with Gasteiger partial charge in [0, 0.05) is 12.3 Å². The fourth-order valence-electron chi connectivity index (χ4n) is 3.37. The summed E-state index contributed by atoms with van der Waals surface area (Å²) in [7, 11) is -1.88. The summed E-state index contributed by atoms with van der Waals surface area (Å²) in [6.07, 6.45) is 7.96. The van der Waals surface area contributed by atoms with Crippen LogP contribution in [0.2, 0.25) is 18.1 Å². The highest BCUT2D eigenvalue weighted by Crippen LogP contribution is 2.44. The maximum atomic E-state index is 12.7. The van der Waals surface area contributed by atoms with Crippen molar-refractivity contribution in [3.8, 4) is 0 Å². The van der Waals surface area contributed by atoms with E-state index in [1.807, 2.05) is 0 Å². The highest BCUT2D eigenvalue weighted by molar-refractivity contribution is 6.74. The van der Waals surface area contributed by atoms with Crippen molar-refractivity contribution in [2.24, 2.45) is 5.92 Å². The Labute approximate surface area is 137 Å². The second-order valence-corrected chi connectivity index (χ2v) is 13.7. The lowest BCUT2D eigenvalue weighted by molar-refractivity contribution is -0.129. The van der Waals surface area contributed by atoms with Crippen molar-refractivity contribution < 1.29 is 9.22 Å². The molecular weight excluding hydrogens is 288 g/mol. The first-order valence-corrected chi connectivity index (χ1v) is 11.4. The first-order valence-electron chi connectivity index (χ1n) is 8.52. The molecule has 0 aliphatic heterocycles. The second-order valence-electron chi connectivity index (χ2n) is 8.95. The van der Waals surface area contributed by atoms with E-state index >= 15 is 0 Å². The molecular formula is C19H32O2Si. The Morgan fingerprint density at radius 3 is 2.14 bits per heavy atom. The molecule has 0 radical (unpaired) electrons. The molecule has 0 spiro atoms. The Morgan fingerprint density at radius 1 is 1.05 bits per heavy atom. The third kappa shape index (κ3) is 3.46. The summed E-state index contributed by atoms with van der Waals surface area (Å²) in [6.45, 7) is 15.6. The predicted octanol–water partition coefficient (Wildman–Crippen LogP) is 5.41. The molecule has 0 bridgehead atoms. The standard InChI is InChI=1S/C19H32O2Si/c1-18(2,3)22(6,7)21-19(4,5)16-12-14-10-8-9-11-15(14)13-17(16)20/h8-9,16H,10-13H2,1-7H3. The van der Waals surface area contributed by atoms with Crippen LogP contribution in [-0.4, -0.2) is 19.7 Å². The molecule has 0 aromatic heterocycles. The molecule has 2 nitrogen and oxygen atoms in total. The van der Waals surface area contributed by atoms with E-state index in [0.717, 1.165) is 19.3 Å². The van der Waals surface area contributed by atoms with Gasteiger partial charge in [0.25, 0.3) is 0 Å². The van der Waals surface area contributed by atoms with Gasteiger partial charge in [-0.2, -0.15) is 0 Å². The van der Waals surface area contributed by atoms with Crippen molar-refractivity contribution >= 4 is 14.1 Å². The minimum atomic E-state index is -1.88. The van der Waals surface area contributed by atoms with Crippen molar-refractivity contribution in [1.82, 2.24) is 0 Å². The molecule has 124 valence electrons. The van der Waals surface area contributed by atoms with E-state index in [2.05, 4.69) is 59.9 Å². The molecule has 0 saturated heterocycles.